The molecule has 37 heavy (non-hydrogen) atoms. The number of carbonyl (C=O) groups is 2. The van der Waals surface area contributed by atoms with Gasteiger partial charge in [-0.05, 0) is 49.2 Å². The summed E-state index contributed by atoms with van der Waals surface area (Å²) in [5.74, 6) is -0.756. The molecular weight excluding hydrogens is 489 g/mol. The van der Waals surface area contributed by atoms with Gasteiger partial charge in [0.05, 0.1) is 5.56 Å². The van der Waals surface area contributed by atoms with Gasteiger partial charge in [-0.15, -0.1) is 0 Å². The number of rotatable bonds is 15. The third kappa shape index (κ3) is 9.22. The maximum absolute atomic E-state index is 13.9. The lowest BCUT2D eigenvalue weighted by atomic mass is 9.84. The number of ketones is 1. The Hall–Kier alpha value is -2.24. The van der Waals surface area contributed by atoms with Crippen molar-refractivity contribution in [2.75, 3.05) is 19.6 Å². The molecule has 0 radical (unpaired) electrons. The third-order valence-electron chi connectivity index (χ3n) is 7.38. The number of Topliss-reactive ketones (excluding diaryl/α,β-unsaturated/α-hetero) is 1. The number of benzene rings is 2. The summed E-state index contributed by atoms with van der Waals surface area (Å²) < 4.78 is 20.1. The molecule has 0 unspecified atom stereocenters. The molecule has 4 nitrogen and oxygen atoms in total. The molecule has 0 bridgehead atoms. The summed E-state index contributed by atoms with van der Waals surface area (Å²) in [5.41, 5.74) is 0.498. The van der Waals surface area contributed by atoms with Crippen molar-refractivity contribution in [1.29, 1.82) is 0 Å². The molecule has 1 aliphatic rings. The number of unbranched alkanes of at least 4 members (excludes halogenated alkanes) is 6. The van der Waals surface area contributed by atoms with Crippen LogP contribution in [0.4, 0.5) is 4.39 Å². The van der Waals surface area contributed by atoms with E-state index in [0.29, 0.717) is 37.1 Å². The van der Waals surface area contributed by atoms with E-state index >= 15 is 0 Å². The molecule has 2 aromatic rings. The van der Waals surface area contributed by atoms with Gasteiger partial charge in [0.2, 0.25) is 0 Å². The quantitative estimate of drug-likeness (QED) is 0.133. The Kier molecular flexibility index (Phi) is 12.1. The van der Waals surface area contributed by atoms with Crippen molar-refractivity contribution in [3.63, 3.8) is 0 Å². The molecular formula is C31H41ClFNO3. The normalized spacial score (nSPS) is 15.4. The number of likely N-dealkylation sites (tertiary alicyclic amines) is 1. The summed E-state index contributed by atoms with van der Waals surface area (Å²) in [6.45, 7) is 4.50. The number of halogens is 2. The van der Waals surface area contributed by atoms with E-state index in [9.17, 15) is 14.0 Å². The molecule has 0 N–H and O–H groups in total. The second kappa shape index (κ2) is 15.2. The molecule has 1 saturated heterocycles. The fourth-order valence-electron chi connectivity index (χ4n) is 5.12. The molecule has 1 heterocycles. The van der Waals surface area contributed by atoms with Crippen molar-refractivity contribution in [3.05, 3.63) is 70.5 Å². The fraction of sp³-hybridized carbons (Fsp3) is 0.548. The van der Waals surface area contributed by atoms with Crippen LogP contribution in [-0.2, 0) is 15.1 Å². The van der Waals surface area contributed by atoms with Crippen LogP contribution in [0.5, 0.6) is 0 Å². The van der Waals surface area contributed by atoms with Crippen LogP contribution < -0.4 is 0 Å². The molecule has 1 fully saturated rings. The highest BCUT2D eigenvalue weighted by molar-refractivity contribution is 6.30. The lowest BCUT2D eigenvalue weighted by molar-refractivity contribution is -0.167. The van der Waals surface area contributed by atoms with Gasteiger partial charge >= 0.3 is 5.97 Å². The highest BCUT2D eigenvalue weighted by Crippen LogP contribution is 2.38. The molecule has 2 aromatic carbocycles. The van der Waals surface area contributed by atoms with E-state index in [1.807, 2.05) is 24.3 Å². The van der Waals surface area contributed by atoms with Crippen molar-refractivity contribution in [1.82, 2.24) is 4.90 Å². The van der Waals surface area contributed by atoms with Crippen LogP contribution in [0.3, 0.4) is 0 Å². The lowest BCUT2D eigenvalue weighted by Crippen LogP contribution is -2.45. The molecule has 0 spiro atoms. The second-order valence-electron chi connectivity index (χ2n) is 10.2. The number of hydrogen-bond acceptors (Lipinski definition) is 4. The van der Waals surface area contributed by atoms with Crippen molar-refractivity contribution in [2.24, 2.45) is 0 Å². The average Bonchev–Trinajstić information content (AvgIpc) is 2.90. The smallest absolute Gasteiger partial charge is 0.306 e. The topological polar surface area (TPSA) is 46.6 Å². The monoisotopic (exact) mass is 529 g/mol. The summed E-state index contributed by atoms with van der Waals surface area (Å²) in [6.07, 6.45) is 10.9. The molecule has 202 valence electrons. The number of hydrogen-bond donors (Lipinski definition) is 0. The van der Waals surface area contributed by atoms with Crippen molar-refractivity contribution < 1.29 is 18.7 Å². The zero-order valence-electron chi connectivity index (χ0n) is 22.2. The summed E-state index contributed by atoms with van der Waals surface area (Å²) in [7, 11) is 0. The Balaban J connectivity index is 1.50. The van der Waals surface area contributed by atoms with Gasteiger partial charge in [0.25, 0.3) is 0 Å². The minimum atomic E-state index is -0.651. The molecule has 1 aliphatic heterocycles. The van der Waals surface area contributed by atoms with Crippen LogP contribution in [-0.4, -0.2) is 36.3 Å². The van der Waals surface area contributed by atoms with E-state index in [1.54, 1.807) is 18.2 Å². The van der Waals surface area contributed by atoms with E-state index in [2.05, 4.69) is 11.8 Å². The Morgan fingerprint density at radius 1 is 0.892 bits per heavy atom. The van der Waals surface area contributed by atoms with Crippen molar-refractivity contribution in [2.45, 2.75) is 89.6 Å². The molecule has 0 saturated carbocycles. The van der Waals surface area contributed by atoms with Crippen LogP contribution in [0.15, 0.2) is 48.5 Å². The standard InChI is InChI=1S/C31H41ClFNO3/c1-2-3-4-5-6-7-8-15-30(36)37-31(25-16-18-26(32)19-17-25)20-23-34(24-21-31)22-11-14-29(35)27-12-9-10-13-28(27)33/h9-10,12-13,16-19H,2-8,11,14-15,20-24H2,1H3. The minimum absolute atomic E-state index is 0.132. The zero-order valence-corrected chi connectivity index (χ0v) is 22.9. The number of nitrogens with zero attached hydrogens (tertiary/aromatic N) is 1. The molecule has 0 aliphatic carbocycles. The van der Waals surface area contributed by atoms with Crippen LogP contribution in [0, 0.1) is 5.82 Å². The van der Waals surface area contributed by atoms with Gasteiger partial charge < -0.3 is 9.64 Å². The van der Waals surface area contributed by atoms with Gasteiger partial charge in [-0.3, -0.25) is 9.59 Å². The van der Waals surface area contributed by atoms with E-state index in [-0.39, 0.29) is 17.3 Å². The predicted octanol–water partition coefficient (Wildman–Crippen LogP) is 8.12. The SMILES string of the molecule is CCCCCCCCCC(=O)OC1(c2ccc(Cl)cc2)CCN(CCCC(=O)c2ccccc2F)CC1. The zero-order chi connectivity index (χ0) is 26.5. The van der Waals surface area contributed by atoms with Gasteiger partial charge in [0.1, 0.15) is 11.4 Å². The number of esters is 1. The molecule has 0 atom stereocenters. The fourth-order valence-corrected chi connectivity index (χ4v) is 5.25. The van der Waals surface area contributed by atoms with Crippen LogP contribution in [0.25, 0.3) is 0 Å². The number of piperidine rings is 1. The third-order valence-corrected chi connectivity index (χ3v) is 7.63. The van der Waals surface area contributed by atoms with Gasteiger partial charge in [0.15, 0.2) is 5.78 Å². The first-order valence-corrected chi connectivity index (χ1v) is 14.3. The highest BCUT2D eigenvalue weighted by atomic mass is 35.5. The summed E-state index contributed by atoms with van der Waals surface area (Å²) in [6, 6.07) is 13.8. The van der Waals surface area contributed by atoms with Crippen LogP contribution in [0.2, 0.25) is 5.02 Å². The summed E-state index contributed by atoms with van der Waals surface area (Å²) in [4.78, 5) is 27.5. The maximum Gasteiger partial charge on any atom is 0.306 e. The number of ether oxygens (including phenoxy) is 1. The first-order valence-electron chi connectivity index (χ1n) is 13.9. The number of carbonyl (C=O) groups excluding carboxylic acids is 2. The molecule has 0 aromatic heterocycles. The van der Waals surface area contributed by atoms with Gasteiger partial charge in [-0.2, -0.15) is 0 Å². The predicted molar refractivity (Wildman–Crippen MR) is 147 cm³/mol. The summed E-state index contributed by atoms with van der Waals surface area (Å²) in [5, 5.41) is 0.658. The van der Waals surface area contributed by atoms with E-state index in [1.165, 1.54) is 38.2 Å². The largest absolute Gasteiger partial charge is 0.454 e. The Morgan fingerprint density at radius 3 is 2.22 bits per heavy atom. The first-order chi connectivity index (χ1) is 17.9. The molecule has 3 rings (SSSR count). The average molecular weight is 530 g/mol. The van der Waals surface area contributed by atoms with Gasteiger partial charge in [-0.1, -0.05) is 81.3 Å². The minimum Gasteiger partial charge on any atom is -0.454 e. The van der Waals surface area contributed by atoms with E-state index < -0.39 is 11.4 Å². The van der Waals surface area contributed by atoms with E-state index in [0.717, 1.165) is 38.0 Å². The Morgan fingerprint density at radius 2 is 1.54 bits per heavy atom. The van der Waals surface area contributed by atoms with Crippen molar-refractivity contribution in [3.8, 4) is 0 Å². The van der Waals surface area contributed by atoms with Crippen molar-refractivity contribution >= 4 is 23.4 Å². The first kappa shape index (κ1) is 29.3. The Labute approximate surface area is 226 Å². The Bertz CT molecular complexity index is 986. The van der Waals surface area contributed by atoms with Gasteiger partial charge in [-0.25, -0.2) is 4.39 Å². The second-order valence-corrected chi connectivity index (χ2v) is 10.6. The lowest BCUT2D eigenvalue weighted by Gasteiger charge is -2.41. The van der Waals surface area contributed by atoms with Gasteiger partial charge in [0, 0.05) is 43.8 Å². The van der Waals surface area contributed by atoms with Crippen LogP contribution in [0.1, 0.15) is 99.9 Å². The highest BCUT2D eigenvalue weighted by Gasteiger charge is 2.39. The molecule has 6 heteroatoms. The van der Waals surface area contributed by atoms with E-state index in [4.69, 9.17) is 16.3 Å². The van der Waals surface area contributed by atoms with Crippen LogP contribution >= 0.6 is 11.6 Å². The molecule has 0 amide bonds. The summed E-state index contributed by atoms with van der Waals surface area (Å²) >= 11 is 6.12. The maximum atomic E-state index is 13.9.